The van der Waals surface area contributed by atoms with Crippen molar-refractivity contribution < 1.29 is 4.42 Å². The highest BCUT2D eigenvalue weighted by atomic mass is 32.2. The van der Waals surface area contributed by atoms with Crippen LogP contribution in [0.25, 0.3) is 92.0 Å². The number of benzene rings is 6. The minimum atomic E-state index is 0.666. The van der Waals surface area contributed by atoms with Crippen molar-refractivity contribution in [3.63, 3.8) is 0 Å². The molecular weight excluding hydrogens is 579 g/mol. The zero-order valence-electron chi connectivity index (χ0n) is 23.0. The van der Waals surface area contributed by atoms with Crippen LogP contribution in [0.5, 0.6) is 0 Å². The number of hydrogen-bond donors (Lipinski definition) is 0. The molecule has 204 valence electrons. The maximum absolute atomic E-state index is 6.94. The zero-order chi connectivity index (χ0) is 28.5. The lowest BCUT2D eigenvalue weighted by molar-refractivity contribution is 0.677. The molecule has 0 spiro atoms. The largest absolute Gasteiger partial charge is 0.455 e. The number of rotatable bonds is 1. The van der Waals surface area contributed by atoms with E-state index in [0.29, 0.717) is 5.95 Å². The summed E-state index contributed by atoms with van der Waals surface area (Å²) in [4.78, 5) is 12.9. The molecule has 44 heavy (non-hydrogen) atoms. The van der Waals surface area contributed by atoms with Crippen LogP contribution in [-0.4, -0.2) is 14.5 Å². The second-order valence-electron chi connectivity index (χ2n) is 11.3. The van der Waals surface area contributed by atoms with Crippen molar-refractivity contribution in [2.75, 3.05) is 0 Å². The number of hydrogen-bond acceptors (Lipinski definition) is 5. The van der Waals surface area contributed by atoms with Gasteiger partial charge in [0.05, 0.1) is 27.6 Å². The molecule has 0 amide bonds. The molecule has 4 nitrogen and oxygen atoms in total. The molecule has 10 aromatic rings. The minimum absolute atomic E-state index is 0.666. The zero-order valence-corrected chi connectivity index (χ0v) is 24.7. The summed E-state index contributed by atoms with van der Waals surface area (Å²) in [7, 11) is 0. The van der Waals surface area contributed by atoms with Gasteiger partial charge in [0, 0.05) is 57.1 Å². The molecule has 0 atom stereocenters. The molecule has 0 saturated heterocycles. The maximum Gasteiger partial charge on any atom is 0.235 e. The van der Waals surface area contributed by atoms with Gasteiger partial charge in [-0.3, -0.25) is 4.57 Å². The van der Waals surface area contributed by atoms with Crippen LogP contribution in [-0.2, 0) is 0 Å². The number of thiophene rings is 1. The highest BCUT2D eigenvalue weighted by molar-refractivity contribution is 7.99. The predicted octanol–water partition coefficient (Wildman–Crippen LogP) is 11.1. The van der Waals surface area contributed by atoms with Crippen LogP contribution in [0.4, 0.5) is 0 Å². The Bertz CT molecular complexity index is 2880. The van der Waals surface area contributed by atoms with Crippen LogP contribution >= 0.6 is 23.1 Å². The Labute approximate surface area is 258 Å². The smallest absolute Gasteiger partial charge is 0.235 e. The van der Waals surface area contributed by atoms with E-state index < -0.39 is 0 Å². The van der Waals surface area contributed by atoms with Crippen LogP contribution in [0.1, 0.15) is 0 Å². The first kappa shape index (κ1) is 23.3. The molecule has 6 aromatic carbocycles. The van der Waals surface area contributed by atoms with Crippen LogP contribution < -0.4 is 0 Å². The number of fused-ring (bicyclic) bond motifs is 13. The molecule has 0 fully saturated rings. The average Bonchev–Trinajstić information content (AvgIpc) is 3.74. The van der Waals surface area contributed by atoms with E-state index >= 15 is 0 Å². The molecule has 4 aromatic heterocycles. The van der Waals surface area contributed by atoms with E-state index in [-0.39, 0.29) is 0 Å². The lowest BCUT2D eigenvalue weighted by atomic mass is 10.1. The predicted molar refractivity (Wildman–Crippen MR) is 184 cm³/mol. The fourth-order valence-corrected chi connectivity index (χ4v) is 9.37. The topological polar surface area (TPSA) is 43.9 Å². The maximum atomic E-state index is 6.94. The van der Waals surface area contributed by atoms with Gasteiger partial charge in [-0.15, -0.1) is 11.3 Å². The van der Waals surface area contributed by atoms with E-state index in [4.69, 9.17) is 14.4 Å². The van der Waals surface area contributed by atoms with Crippen molar-refractivity contribution in [2.24, 2.45) is 0 Å². The summed E-state index contributed by atoms with van der Waals surface area (Å²) in [5.74, 6) is 0.666. The minimum Gasteiger partial charge on any atom is -0.455 e. The Morgan fingerprint density at radius 3 is 2.25 bits per heavy atom. The summed E-state index contributed by atoms with van der Waals surface area (Å²) in [5, 5.41) is 8.03. The Hall–Kier alpha value is -5.17. The fraction of sp³-hybridized carbons (Fsp3) is 0. The first-order valence-electron chi connectivity index (χ1n) is 14.6. The Kier molecular flexibility index (Phi) is 4.37. The van der Waals surface area contributed by atoms with Crippen molar-refractivity contribution in [1.29, 1.82) is 0 Å². The molecule has 5 heterocycles. The van der Waals surface area contributed by atoms with Crippen LogP contribution in [0.15, 0.2) is 129 Å². The van der Waals surface area contributed by atoms with Gasteiger partial charge in [0.25, 0.3) is 0 Å². The standard InChI is InChI=1S/C38H19N3OS2/c1-4-12-26-22(8-1)32-27(18-16-20-21-17-19-31-33(37(21)42-36(20)32)23-9-2-5-13-28(23)43-31)41(26)38-39-25-11-7-15-30-34(25)35(40-38)24-10-3-6-14-29(24)44-30/h1-19H. The molecule has 0 radical (unpaired) electrons. The fourth-order valence-electron chi connectivity index (χ4n) is 7.16. The number of furan rings is 1. The van der Waals surface area contributed by atoms with Gasteiger partial charge in [-0.05, 0) is 54.6 Å². The summed E-state index contributed by atoms with van der Waals surface area (Å²) in [6, 6.07) is 40.9. The summed E-state index contributed by atoms with van der Waals surface area (Å²) < 4.78 is 11.7. The van der Waals surface area contributed by atoms with Crippen molar-refractivity contribution >= 4 is 97.9 Å². The van der Waals surface area contributed by atoms with E-state index in [0.717, 1.165) is 65.9 Å². The molecule has 11 rings (SSSR count). The Balaban J connectivity index is 1.28. The molecule has 0 unspecified atom stereocenters. The molecule has 1 aliphatic heterocycles. The molecule has 0 saturated carbocycles. The summed E-state index contributed by atoms with van der Waals surface area (Å²) in [6.45, 7) is 0. The van der Waals surface area contributed by atoms with Crippen LogP contribution in [0.2, 0.25) is 0 Å². The van der Waals surface area contributed by atoms with Gasteiger partial charge in [0.15, 0.2) is 0 Å². The Morgan fingerprint density at radius 2 is 1.30 bits per heavy atom. The number of para-hydroxylation sites is 1. The quantitative estimate of drug-likeness (QED) is 0.189. The summed E-state index contributed by atoms with van der Waals surface area (Å²) in [5.41, 5.74) is 7.03. The van der Waals surface area contributed by atoms with Crippen molar-refractivity contribution in [2.45, 2.75) is 9.79 Å². The van der Waals surface area contributed by atoms with Gasteiger partial charge in [0.1, 0.15) is 11.2 Å². The molecule has 6 heteroatoms. The highest BCUT2D eigenvalue weighted by Crippen LogP contribution is 2.48. The van der Waals surface area contributed by atoms with E-state index in [1.807, 2.05) is 11.3 Å². The summed E-state index contributed by atoms with van der Waals surface area (Å²) in [6.07, 6.45) is 0. The highest BCUT2D eigenvalue weighted by Gasteiger charge is 2.25. The third kappa shape index (κ3) is 2.89. The Morgan fingerprint density at radius 1 is 0.523 bits per heavy atom. The normalized spacial score (nSPS) is 12.9. The monoisotopic (exact) mass is 597 g/mol. The molecule has 1 aliphatic rings. The van der Waals surface area contributed by atoms with E-state index in [2.05, 4.69) is 120 Å². The molecule has 0 N–H and O–H groups in total. The van der Waals surface area contributed by atoms with Gasteiger partial charge in [-0.1, -0.05) is 72.4 Å². The lowest BCUT2D eigenvalue weighted by Gasteiger charge is -2.20. The summed E-state index contributed by atoms with van der Waals surface area (Å²) >= 11 is 3.61. The SMILES string of the molecule is c1ccc2c(c1)Sc1cccc3nc(-n4c5ccccc5c5c6oc7c(ccc8sc9ccccc9c87)c6ccc54)nc-2c13. The van der Waals surface area contributed by atoms with E-state index in [1.165, 1.54) is 30.0 Å². The average molecular weight is 598 g/mol. The second kappa shape index (κ2) is 8.26. The van der Waals surface area contributed by atoms with Crippen LogP contribution in [0, 0.1) is 0 Å². The first-order valence-corrected chi connectivity index (χ1v) is 16.2. The van der Waals surface area contributed by atoms with Crippen molar-refractivity contribution in [1.82, 2.24) is 14.5 Å². The van der Waals surface area contributed by atoms with Crippen LogP contribution in [0.3, 0.4) is 0 Å². The van der Waals surface area contributed by atoms with Gasteiger partial charge in [0.2, 0.25) is 5.95 Å². The number of aromatic nitrogens is 3. The van der Waals surface area contributed by atoms with Gasteiger partial charge >= 0.3 is 0 Å². The van der Waals surface area contributed by atoms with Gasteiger partial charge in [-0.2, -0.15) is 0 Å². The van der Waals surface area contributed by atoms with Crippen molar-refractivity contribution in [3.05, 3.63) is 115 Å². The number of nitrogens with zero attached hydrogens (tertiary/aromatic N) is 3. The third-order valence-corrected chi connectivity index (χ3v) is 11.3. The molecule has 0 bridgehead atoms. The van der Waals surface area contributed by atoms with Crippen molar-refractivity contribution in [3.8, 4) is 17.2 Å². The third-order valence-electron chi connectivity index (χ3n) is 9.02. The van der Waals surface area contributed by atoms with E-state index in [1.54, 1.807) is 11.8 Å². The second-order valence-corrected chi connectivity index (χ2v) is 13.5. The lowest BCUT2D eigenvalue weighted by Crippen LogP contribution is -2.05. The molecular formula is C38H19N3OS2. The molecule has 0 aliphatic carbocycles. The van der Waals surface area contributed by atoms with E-state index in [9.17, 15) is 0 Å². The van der Waals surface area contributed by atoms with Gasteiger partial charge < -0.3 is 4.42 Å². The van der Waals surface area contributed by atoms with Gasteiger partial charge in [-0.25, -0.2) is 9.97 Å². The first-order chi connectivity index (χ1) is 21.8.